The van der Waals surface area contributed by atoms with Crippen LogP contribution in [0.2, 0.25) is 0 Å². The molecular weight excluding hydrogens is 328 g/mol. The Morgan fingerprint density at radius 3 is 2.75 bits per heavy atom. The summed E-state index contributed by atoms with van der Waals surface area (Å²) in [4.78, 5) is 29.1. The number of aliphatic carboxylic acids is 1. The Bertz CT molecular complexity index is 601. The van der Waals surface area contributed by atoms with Gasteiger partial charge in [0.1, 0.15) is 21.5 Å². The molecule has 1 amide bonds. The lowest BCUT2D eigenvalue weighted by molar-refractivity contribution is -0.146. The van der Waals surface area contributed by atoms with E-state index in [1.165, 1.54) is 17.5 Å². The molecule has 1 saturated carbocycles. The fraction of sp³-hybridized carbons (Fsp3) is 0.706. The number of carbonyl (C=O) groups is 2. The molecule has 2 heterocycles. The van der Waals surface area contributed by atoms with Crippen molar-refractivity contribution in [3.05, 3.63) is 16.1 Å². The van der Waals surface area contributed by atoms with Crippen molar-refractivity contribution in [1.82, 2.24) is 10.3 Å². The van der Waals surface area contributed by atoms with Gasteiger partial charge in [0, 0.05) is 6.61 Å². The van der Waals surface area contributed by atoms with Crippen molar-refractivity contribution in [3.63, 3.8) is 0 Å². The van der Waals surface area contributed by atoms with Gasteiger partial charge in [-0.15, -0.1) is 11.3 Å². The molecule has 2 N–H and O–H groups in total. The number of rotatable bonds is 5. The van der Waals surface area contributed by atoms with Crippen LogP contribution in [-0.2, 0) is 9.53 Å². The zero-order valence-corrected chi connectivity index (χ0v) is 14.7. The van der Waals surface area contributed by atoms with Gasteiger partial charge in [-0.1, -0.05) is 13.3 Å². The Labute approximate surface area is 145 Å². The summed E-state index contributed by atoms with van der Waals surface area (Å²) < 4.78 is 5.59. The van der Waals surface area contributed by atoms with Gasteiger partial charge in [-0.25, -0.2) is 9.78 Å². The van der Waals surface area contributed by atoms with E-state index in [2.05, 4.69) is 17.2 Å². The van der Waals surface area contributed by atoms with Gasteiger partial charge < -0.3 is 15.2 Å². The maximum absolute atomic E-state index is 12.6. The molecule has 2 aliphatic rings. The van der Waals surface area contributed by atoms with Crippen molar-refractivity contribution in [2.45, 2.75) is 63.5 Å². The van der Waals surface area contributed by atoms with Gasteiger partial charge in [-0.2, -0.15) is 0 Å². The third-order valence-electron chi connectivity index (χ3n) is 5.25. The number of aromatic nitrogens is 1. The monoisotopic (exact) mass is 352 g/mol. The normalized spacial score (nSPS) is 30.2. The van der Waals surface area contributed by atoms with Crippen LogP contribution in [-0.4, -0.2) is 34.1 Å². The molecule has 0 spiro atoms. The van der Waals surface area contributed by atoms with Gasteiger partial charge in [0.15, 0.2) is 0 Å². The fourth-order valence-electron chi connectivity index (χ4n) is 3.56. The van der Waals surface area contributed by atoms with Crippen LogP contribution in [0.15, 0.2) is 6.20 Å². The third-order valence-corrected chi connectivity index (χ3v) is 6.34. The maximum atomic E-state index is 12.6. The van der Waals surface area contributed by atoms with Crippen molar-refractivity contribution in [1.29, 1.82) is 0 Å². The van der Waals surface area contributed by atoms with Crippen LogP contribution in [0.25, 0.3) is 0 Å². The Balaban J connectivity index is 1.69. The summed E-state index contributed by atoms with van der Waals surface area (Å²) in [6.07, 6.45) is 7.16. The Hall–Kier alpha value is -1.47. The Morgan fingerprint density at radius 1 is 1.42 bits per heavy atom. The second-order valence-corrected chi connectivity index (χ2v) is 7.82. The number of ether oxygens (including phenoxy) is 1. The largest absolute Gasteiger partial charge is 0.480 e. The molecule has 1 atom stereocenters. The lowest BCUT2D eigenvalue weighted by Gasteiger charge is -2.37. The van der Waals surface area contributed by atoms with Gasteiger partial charge in [0.25, 0.3) is 5.91 Å². The Kier molecular flexibility index (Phi) is 5.20. The molecule has 1 unspecified atom stereocenters. The highest BCUT2D eigenvalue weighted by Crippen LogP contribution is 2.35. The van der Waals surface area contributed by atoms with Crippen molar-refractivity contribution in [2.24, 2.45) is 5.92 Å². The number of hydrogen-bond acceptors (Lipinski definition) is 5. The van der Waals surface area contributed by atoms with Crippen LogP contribution in [0.4, 0.5) is 0 Å². The van der Waals surface area contributed by atoms with E-state index < -0.39 is 11.5 Å². The summed E-state index contributed by atoms with van der Waals surface area (Å²) in [7, 11) is 0. The van der Waals surface area contributed by atoms with E-state index in [4.69, 9.17) is 4.74 Å². The molecule has 7 heteroatoms. The summed E-state index contributed by atoms with van der Waals surface area (Å²) in [5.41, 5.74) is -1.14. The highest BCUT2D eigenvalue weighted by Gasteiger charge is 2.43. The quantitative estimate of drug-likeness (QED) is 0.850. The summed E-state index contributed by atoms with van der Waals surface area (Å²) in [5.74, 6) is -0.715. The van der Waals surface area contributed by atoms with Gasteiger partial charge >= 0.3 is 5.97 Å². The van der Waals surface area contributed by atoms with E-state index >= 15 is 0 Å². The first kappa shape index (κ1) is 17.4. The molecule has 24 heavy (non-hydrogen) atoms. The molecule has 0 radical (unpaired) electrons. The molecule has 1 saturated heterocycles. The average molecular weight is 352 g/mol. The predicted octanol–water partition coefficient (Wildman–Crippen LogP) is 3.15. The summed E-state index contributed by atoms with van der Waals surface area (Å²) in [6, 6.07) is 0. The topological polar surface area (TPSA) is 88.5 Å². The minimum absolute atomic E-state index is 0.0232. The highest BCUT2D eigenvalue weighted by atomic mass is 32.1. The smallest absolute Gasteiger partial charge is 0.329 e. The molecule has 1 aliphatic heterocycles. The number of carbonyl (C=O) groups excluding carboxylic acids is 1. The standard InChI is InChI=1S/C17H24N2O4S/c1-2-11-5-7-17(8-6-11,16(21)22)19-14(20)13-10-18-15(24-13)12-4-3-9-23-12/h10-12H,2-9H2,1H3,(H,19,20)(H,21,22). The van der Waals surface area contributed by atoms with Crippen LogP contribution in [0.1, 0.15) is 72.7 Å². The van der Waals surface area contributed by atoms with Gasteiger partial charge in [0.2, 0.25) is 0 Å². The summed E-state index contributed by atoms with van der Waals surface area (Å²) >= 11 is 1.30. The van der Waals surface area contributed by atoms with Crippen LogP contribution < -0.4 is 5.32 Å². The van der Waals surface area contributed by atoms with E-state index in [-0.39, 0.29) is 12.0 Å². The molecule has 1 aromatic rings. The number of nitrogens with one attached hydrogen (secondary N) is 1. The zero-order chi connectivity index (χ0) is 17.2. The van der Waals surface area contributed by atoms with Gasteiger partial charge in [0.05, 0.1) is 6.20 Å². The van der Waals surface area contributed by atoms with E-state index in [1.807, 2.05) is 0 Å². The second-order valence-electron chi connectivity index (χ2n) is 6.76. The lowest BCUT2D eigenvalue weighted by Crippen LogP contribution is -2.56. The summed E-state index contributed by atoms with van der Waals surface area (Å²) in [6.45, 7) is 2.85. The summed E-state index contributed by atoms with van der Waals surface area (Å²) in [5, 5.41) is 13.3. The van der Waals surface area contributed by atoms with E-state index in [9.17, 15) is 14.7 Å². The Morgan fingerprint density at radius 2 is 2.17 bits per heavy atom. The predicted molar refractivity (Wildman–Crippen MR) is 90.1 cm³/mol. The van der Waals surface area contributed by atoms with Crippen molar-refractivity contribution < 1.29 is 19.4 Å². The molecule has 1 aromatic heterocycles. The average Bonchev–Trinajstić information content (AvgIpc) is 3.26. The van der Waals surface area contributed by atoms with E-state index in [0.29, 0.717) is 23.6 Å². The minimum Gasteiger partial charge on any atom is -0.480 e. The number of carboxylic acids is 1. The van der Waals surface area contributed by atoms with Crippen molar-refractivity contribution in [2.75, 3.05) is 6.61 Å². The van der Waals surface area contributed by atoms with Crippen molar-refractivity contribution >= 4 is 23.2 Å². The number of carboxylic acid groups (broad SMARTS) is 1. The SMILES string of the molecule is CCC1CCC(NC(=O)c2cnc(C3CCCO3)s2)(C(=O)O)CC1. The molecular formula is C17H24N2O4S. The zero-order valence-electron chi connectivity index (χ0n) is 13.9. The number of hydrogen-bond donors (Lipinski definition) is 2. The molecule has 2 fully saturated rings. The van der Waals surface area contributed by atoms with Gasteiger partial charge in [-0.05, 0) is 44.4 Å². The first-order valence-corrected chi connectivity index (χ1v) is 9.49. The number of thiazole rings is 1. The molecule has 0 aromatic carbocycles. The molecule has 1 aliphatic carbocycles. The number of nitrogens with zero attached hydrogens (tertiary/aromatic N) is 1. The van der Waals surface area contributed by atoms with E-state index in [0.717, 1.165) is 43.7 Å². The highest BCUT2D eigenvalue weighted by molar-refractivity contribution is 7.13. The molecule has 3 rings (SSSR count). The lowest BCUT2D eigenvalue weighted by atomic mass is 9.75. The maximum Gasteiger partial charge on any atom is 0.329 e. The fourth-order valence-corrected chi connectivity index (χ4v) is 4.46. The minimum atomic E-state index is -1.14. The molecule has 0 bridgehead atoms. The molecule has 6 nitrogen and oxygen atoms in total. The van der Waals surface area contributed by atoms with Gasteiger partial charge in [-0.3, -0.25) is 4.79 Å². The van der Waals surface area contributed by atoms with Crippen LogP contribution >= 0.6 is 11.3 Å². The van der Waals surface area contributed by atoms with Crippen LogP contribution in [0.3, 0.4) is 0 Å². The van der Waals surface area contributed by atoms with Crippen molar-refractivity contribution in [3.8, 4) is 0 Å². The second kappa shape index (κ2) is 7.19. The van der Waals surface area contributed by atoms with Crippen LogP contribution in [0.5, 0.6) is 0 Å². The van der Waals surface area contributed by atoms with Crippen LogP contribution in [0, 0.1) is 5.92 Å². The number of amides is 1. The van der Waals surface area contributed by atoms with E-state index in [1.54, 1.807) is 0 Å². The third kappa shape index (κ3) is 3.47. The first-order valence-electron chi connectivity index (χ1n) is 8.67. The first-order chi connectivity index (χ1) is 11.5. The molecule has 132 valence electrons.